The van der Waals surface area contributed by atoms with Gasteiger partial charge >= 0.3 is 5.97 Å². The zero-order chi connectivity index (χ0) is 8.69. The topological polar surface area (TPSA) is 70.3 Å². The highest BCUT2D eigenvalue weighted by atomic mass is 16.5. The molecule has 0 aliphatic carbocycles. The maximum Gasteiger partial charge on any atom is 0.320 e. The second-order valence-corrected chi connectivity index (χ2v) is 2.01. The highest BCUT2D eigenvalue weighted by molar-refractivity contribution is 5.72. The number of carbonyl (C=O) groups is 1. The Morgan fingerprint density at radius 2 is 2.45 bits per heavy atom. The van der Waals surface area contributed by atoms with E-state index in [4.69, 9.17) is 15.1 Å². The first-order valence-electron chi connectivity index (χ1n) is 3.42. The molecule has 11 heavy (non-hydrogen) atoms. The van der Waals surface area contributed by atoms with Gasteiger partial charge in [0.2, 0.25) is 0 Å². The first-order chi connectivity index (χ1) is 5.22. The number of carboxylic acids is 1. The van der Waals surface area contributed by atoms with E-state index in [-0.39, 0.29) is 6.42 Å². The van der Waals surface area contributed by atoms with Crippen LogP contribution in [0.1, 0.15) is 13.3 Å². The zero-order valence-electron chi connectivity index (χ0n) is 6.41. The van der Waals surface area contributed by atoms with Crippen LogP contribution in [0.25, 0.3) is 0 Å². The summed E-state index contributed by atoms with van der Waals surface area (Å²) in [4.78, 5) is 10.2. The molecule has 1 atom stereocenters. The number of aliphatic carboxylic acids is 1. The second kappa shape index (κ2) is 5.69. The van der Waals surface area contributed by atoms with Crippen LogP contribution < -0.4 is 0 Å². The Morgan fingerprint density at radius 3 is 2.82 bits per heavy atom. The predicted octanol–water partition coefficient (Wildman–Crippen LogP) is 0.637. The van der Waals surface area contributed by atoms with Crippen LogP contribution in [0.5, 0.6) is 0 Å². The third-order valence-corrected chi connectivity index (χ3v) is 1.21. The molecule has 0 aromatic rings. The normalized spacial score (nSPS) is 12.0. The van der Waals surface area contributed by atoms with Gasteiger partial charge in [-0.05, 0) is 13.3 Å². The molecular weight excluding hydrogens is 146 g/mol. The number of nitriles is 1. The molecule has 0 aliphatic rings. The van der Waals surface area contributed by atoms with Crippen molar-refractivity contribution in [3.8, 4) is 6.07 Å². The molecule has 0 saturated carbocycles. The lowest BCUT2D eigenvalue weighted by Gasteiger charge is -2.02. The molecule has 0 fully saturated rings. The monoisotopic (exact) mass is 157 g/mol. The molecule has 0 amide bonds. The van der Waals surface area contributed by atoms with Crippen molar-refractivity contribution in [2.45, 2.75) is 13.3 Å². The van der Waals surface area contributed by atoms with Crippen molar-refractivity contribution in [1.29, 1.82) is 5.26 Å². The van der Waals surface area contributed by atoms with Crippen LogP contribution in [-0.4, -0.2) is 24.3 Å². The standard InChI is InChI=1S/C7H11NO3/c1-2-11-4-3-6(5-8)7(9)10/h6H,2-4H2,1H3,(H,9,10)/t6-/m1/s1. The molecule has 0 rings (SSSR count). The lowest BCUT2D eigenvalue weighted by molar-refractivity contribution is -0.140. The summed E-state index contributed by atoms with van der Waals surface area (Å²) in [6.45, 7) is 2.71. The van der Waals surface area contributed by atoms with Gasteiger partial charge in [-0.25, -0.2) is 0 Å². The van der Waals surface area contributed by atoms with Gasteiger partial charge in [0, 0.05) is 13.2 Å². The number of rotatable bonds is 5. The van der Waals surface area contributed by atoms with Crippen LogP contribution in [0.2, 0.25) is 0 Å². The minimum absolute atomic E-state index is 0.264. The van der Waals surface area contributed by atoms with Crippen molar-refractivity contribution in [3.05, 3.63) is 0 Å². The van der Waals surface area contributed by atoms with Gasteiger partial charge in [-0.15, -0.1) is 0 Å². The molecule has 0 spiro atoms. The van der Waals surface area contributed by atoms with Crippen LogP contribution in [0.3, 0.4) is 0 Å². The fourth-order valence-corrected chi connectivity index (χ4v) is 0.589. The van der Waals surface area contributed by atoms with Gasteiger partial charge in [0.05, 0.1) is 6.07 Å². The SMILES string of the molecule is CCOCC[C@H](C#N)C(=O)O. The van der Waals surface area contributed by atoms with E-state index in [1.165, 1.54) is 0 Å². The average Bonchev–Trinajstić information content (AvgIpc) is 1.97. The summed E-state index contributed by atoms with van der Waals surface area (Å²) >= 11 is 0. The van der Waals surface area contributed by atoms with E-state index in [0.29, 0.717) is 13.2 Å². The fourth-order valence-electron chi connectivity index (χ4n) is 0.589. The van der Waals surface area contributed by atoms with E-state index in [2.05, 4.69) is 0 Å². The second-order valence-electron chi connectivity index (χ2n) is 2.01. The highest BCUT2D eigenvalue weighted by Gasteiger charge is 2.15. The number of hydrogen-bond donors (Lipinski definition) is 1. The number of nitrogens with zero attached hydrogens (tertiary/aromatic N) is 1. The van der Waals surface area contributed by atoms with Gasteiger partial charge < -0.3 is 9.84 Å². The van der Waals surface area contributed by atoms with Crippen molar-refractivity contribution in [3.63, 3.8) is 0 Å². The minimum Gasteiger partial charge on any atom is -0.480 e. The molecule has 0 bridgehead atoms. The molecule has 0 aromatic heterocycles. The molecule has 1 N–H and O–H groups in total. The summed E-state index contributed by atoms with van der Waals surface area (Å²) in [6.07, 6.45) is 0.264. The lowest BCUT2D eigenvalue weighted by atomic mass is 10.1. The Kier molecular flexibility index (Phi) is 5.13. The zero-order valence-corrected chi connectivity index (χ0v) is 6.41. The third-order valence-electron chi connectivity index (χ3n) is 1.21. The number of hydrogen-bond acceptors (Lipinski definition) is 3. The summed E-state index contributed by atoms with van der Waals surface area (Å²) in [5.41, 5.74) is 0. The van der Waals surface area contributed by atoms with E-state index < -0.39 is 11.9 Å². The van der Waals surface area contributed by atoms with Gasteiger partial charge in [-0.1, -0.05) is 0 Å². The first-order valence-corrected chi connectivity index (χ1v) is 3.42. The predicted molar refractivity (Wildman–Crippen MR) is 37.8 cm³/mol. The summed E-state index contributed by atoms with van der Waals surface area (Å²) in [6, 6.07) is 1.68. The van der Waals surface area contributed by atoms with Crippen LogP contribution in [0, 0.1) is 17.2 Å². The Bertz CT molecular complexity index is 162. The Morgan fingerprint density at radius 1 is 1.82 bits per heavy atom. The molecule has 0 radical (unpaired) electrons. The van der Waals surface area contributed by atoms with Crippen molar-refractivity contribution in [2.24, 2.45) is 5.92 Å². The Labute approximate surface area is 65.4 Å². The highest BCUT2D eigenvalue weighted by Crippen LogP contribution is 2.01. The first kappa shape index (κ1) is 9.92. The van der Waals surface area contributed by atoms with Crippen molar-refractivity contribution in [1.82, 2.24) is 0 Å². The molecule has 4 nitrogen and oxygen atoms in total. The maximum atomic E-state index is 10.2. The summed E-state index contributed by atoms with van der Waals surface area (Å²) in [5, 5.41) is 16.7. The summed E-state index contributed by atoms with van der Waals surface area (Å²) in [7, 11) is 0. The van der Waals surface area contributed by atoms with E-state index in [9.17, 15) is 4.79 Å². The van der Waals surface area contributed by atoms with Crippen LogP contribution >= 0.6 is 0 Å². The molecule has 4 heteroatoms. The molecule has 0 aliphatic heterocycles. The van der Waals surface area contributed by atoms with Gasteiger partial charge in [0.15, 0.2) is 0 Å². The molecule has 0 heterocycles. The minimum atomic E-state index is -1.08. The van der Waals surface area contributed by atoms with Crippen LogP contribution in [0.4, 0.5) is 0 Å². The van der Waals surface area contributed by atoms with Gasteiger partial charge in [-0.2, -0.15) is 5.26 Å². The quantitative estimate of drug-likeness (QED) is 0.594. The van der Waals surface area contributed by atoms with Crippen LogP contribution in [0.15, 0.2) is 0 Å². The Hall–Kier alpha value is -1.08. The van der Waals surface area contributed by atoms with Crippen molar-refractivity contribution >= 4 is 5.97 Å². The van der Waals surface area contributed by atoms with Gasteiger partial charge in [0.1, 0.15) is 5.92 Å². The molecule has 0 unspecified atom stereocenters. The third kappa shape index (κ3) is 4.34. The smallest absolute Gasteiger partial charge is 0.320 e. The molecule has 0 aromatic carbocycles. The van der Waals surface area contributed by atoms with E-state index in [1.54, 1.807) is 6.07 Å². The number of ether oxygens (including phenoxy) is 1. The molecule has 62 valence electrons. The Balaban J connectivity index is 3.55. The molecule has 0 saturated heterocycles. The van der Waals surface area contributed by atoms with E-state index in [0.717, 1.165) is 0 Å². The van der Waals surface area contributed by atoms with Crippen molar-refractivity contribution in [2.75, 3.05) is 13.2 Å². The van der Waals surface area contributed by atoms with E-state index in [1.807, 2.05) is 6.92 Å². The fraction of sp³-hybridized carbons (Fsp3) is 0.714. The van der Waals surface area contributed by atoms with Crippen molar-refractivity contribution < 1.29 is 14.6 Å². The average molecular weight is 157 g/mol. The largest absolute Gasteiger partial charge is 0.480 e. The molecular formula is C7H11NO3. The van der Waals surface area contributed by atoms with Gasteiger partial charge in [0.25, 0.3) is 0 Å². The maximum absolute atomic E-state index is 10.2. The lowest BCUT2D eigenvalue weighted by Crippen LogP contribution is -2.13. The van der Waals surface area contributed by atoms with Crippen LogP contribution in [-0.2, 0) is 9.53 Å². The summed E-state index contributed by atoms with van der Waals surface area (Å²) in [5.74, 6) is -2.01. The van der Waals surface area contributed by atoms with Gasteiger partial charge in [-0.3, -0.25) is 4.79 Å². The summed E-state index contributed by atoms with van der Waals surface area (Å²) < 4.78 is 4.90. The van der Waals surface area contributed by atoms with E-state index >= 15 is 0 Å². The number of carboxylic acid groups (broad SMARTS) is 1.